The Labute approximate surface area is 150 Å². The molecule has 1 amide bonds. The summed E-state index contributed by atoms with van der Waals surface area (Å²) in [5.74, 6) is 0.227. The molecule has 3 aromatic rings. The van der Waals surface area contributed by atoms with Crippen molar-refractivity contribution in [1.82, 2.24) is 29.9 Å². The lowest BCUT2D eigenvalue weighted by molar-refractivity contribution is -0.122. The molecule has 2 aromatic heterocycles. The predicted octanol–water partition coefficient (Wildman–Crippen LogP) is 1.13. The molecule has 0 aliphatic carbocycles. The molecule has 1 N–H and O–H groups in total. The Morgan fingerprint density at radius 3 is 2.69 bits per heavy atom. The number of hydrogen-bond acceptors (Lipinski definition) is 5. The molecule has 1 unspecified atom stereocenters. The van der Waals surface area contributed by atoms with Crippen molar-refractivity contribution in [2.75, 3.05) is 6.54 Å². The average molecular weight is 352 g/mol. The SMILES string of the molecule is CCC(C(=O)NCCn1nc(-n2cncn2)ccc1=O)c1ccccc1. The Morgan fingerprint density at radius 2 is 2.00 bits per heavy atom. The second kappa shape index (κ2) is 8.19. The number of aromatic nitrogens is 5. The fourth-order valence-corrected chi connectivity index (χ4v) is 2.71. The van der Waals surface area contributed by atoms with Gasteiger partial charge in [-0.1, -0.05) is 37.3 Å². The Morgan fingerprint density at radius 1 is 1.19 bits per heavy atom. The van der Waals surface area contributed by atoms with E-state index in [1.807, 2.05) is 37.3 Å². The number of nitrogens with zero attached hydrogens (tertiary/aromatic N) is 5. The van der Waals surface area contributed by atoms with Crippen LogP contribution in [-0.2, 0) is 11.3 Å². The van der Waals surface area contributed by atoms with Crippen LogP contribution < -0.4 is 10.9 Å². The van der Waals surface area contributed by atoms with Gasteiger partial charge in [-0.25, -0.2) is 14.3 Å². The highest BCUT2D eigenvalue weighted by Crippen LogP contribution is 2.18. The molecule has 0 aliphatic rings. The Balaban J connectivity index is 1.63. The van der Waals surface area contributed by atoms with Crippen molar-refractivity contribution in [2.45, 2.75) is 25.8 Å². The smallest absolute Gasteiger partial charge is 0.266 e. The van der Waals surface area contributed by atoms with Crippen molar-refractivity contribution >= 4 is 5.91 Å². The van der Waals surface area contributed by atoms with Gasteiger partial charge in [0.2, 0.25) is 5.91 Å². The van der Waals surface area contributed by atoms with Gasteiger partial charge in [0.15, 0.2) is 5.82 Å². The molecular formula is C18H20N6O2. The molecule has 0 bridgehead atoms. The van der Waals surface area contributed by atoms with E-state index < -0.39 is 0 Å². The second-order valence-corrected chi connectivity index (χ2v) is 5.76. The summed E-state index contributed by atoms with van der Waals surface area (Å²) >= 11 is 0. The van der Waals surface area contributed by atoms with E-state index >= 15 is 0 Å². The normalized spacial score (nSPS) is 11.9. The van der Waals surface area contributed by atoms with E-state index in [-0.39, 0.29) is 23.9 Å². The number of hydrogen-bond donors (Lipinski definition) is 1. The van der Waals surface area contributed by atoms with Gasteiger partial charge < -0.3 is 5.32 Å². The first kappa shape index (κ1) is 17.5. The van der Waals surface area contributed by atoms with E-state index in [9.17, 15) is 9.59 Å². The van der Waals surface area contributed by atoms with Crippen LogP contribution >= 0.6 is 0 Å². The molecule has 1 aromatic carbocycles. The number of benzene rings is 1. The summed E-state index contributed by atoms with van der Waals surface area (Å²) in [5, 5.41) is 11.1. The molecule has 8 nitrogen and oxygen atoms in total. The van der Waals surface area contributed by atoms with Crippen LogP contribution in [0.2, 0.25) is 0 Å². The molecule has 1 atom stereocenters. The summed E-state index contributed by atoms with van der Waals surface area (Å²) in [6.45, 7) is 2.57. The van der Waals surface area contributed by atoms with Gasteiger partial charge in [0.05, 0.1) is 12.5 Å². The fourth-order valence-electron chi connectivity index (χ4n) is 2.71. The summed E-state index contributed by atoms with van der Waals surface area (Å²) in [4.78, 5) is 28.3. The van der Waals surface area contributed by atoms with Gasteiger partial charge >= 0.3 is 0 Å². The van der Waals surface area contributed by atoms with Gasteiger partial charge in [-0.2, -0.15) is 5.10 Å². The molecule has 3 rings (SSSR count). The minimum atomic E-state index is -0.238. The molecule has 0 saturated heterocycles. The molecule has 0 radical (unpaired) electrons. The van der Waals surface area contributed by atoms with E-state index in [0.29, 0.717) is 18.8 Å². The summed E-state index contributed by atoms with van der Waals surface area (Å²) in [6.07, 6.45) is 3.60. The lowest BCUT2D eigenvalue weighted by Gasteiger charge is -2.15. The first-order valence-corrected chi connectivity index (χ1v) is 8.45. The third kappa shape index (κ3) is 4.02. The molecule has 0 aliphatic heterocycles. The van der Waals surface area contributed by atoms with Gasteiger partial charge in [0.1, 0.15) is 12.7 Å². The maximum absolute atomic E-state index is 12.5. The standard InChI is InChI=1S/C18H20N6O2/c1-2-15(14-6-4-3-5-7-14)18(26)20-10-11-23-17(25)9-8-16(22-23)24-13-19-12-21-24/h3-9,12-13,15H,2,10-11H2,1H3,(H,20,26). The molecule has 0 saturated carbocycles. The number of nitrogens with one attached hydrogen (secondary N) is 1. The van der Waals surface area contributed by atoms with Crippen LogP contribution in [0.1, 0.15) is 24.8 Å². The lowest BCUT2D eigenvalue weighted by atomic mass is 9.96. The van der Waals surface area contributed by atoms with E-state index in [0.717, 1.165) is 5.56 Å². The van der Waals surface area contributed by atoms with Gasteiger partial charge in [-0.15, -0.1) is 5.10 Å². The quantitative estimate of drug-likeness (QED) is 0.688. The molecule has 2 heterocycles. The lowest BCUT2D eigenvalue weighted by Crippen LogP contribution is -2.34. The molecule has 0 fully saturated rings. The van der Waals surface area contributed by atoms with Crippen LogP contribution in [0.3, 0.4) is 0 Å². The number of rotatable bonds is 7. The first-order chi connectivity index (χ1) is 12.7. The molecular weight excluding hydrogens is 332 g/mol. The first-order valence-electron chi connectivity index (χ1n) is 8.45. The van der Waals surface area contributed by atoms with E-state index in [1.54, 1.807) is 6.07 Å². The van der Waals surface area contributed by atoms with E-state index in [1.165, 1.54) is 28.1 Å². The maximum Gasteiger partial charge on any atom is 0.266 e. The third-order valence-electron chi connectivity index (χ3n) is 4.06. The summed E-state index contributed by atoms with van der Waals surface area (Å²) in [5.41, 5.74) is 0.745. The van der Waals surface area contributed by atoms with Crippen LogP contribution in [0.25, 0.3) is 5.82 Å². The average Bonchev–Trinajstić information content (AvgIpc) is 3.19. The van der Waals surface area contributed by atoms with Crippen molar-refractivity contribution in [1.29, 1.82) is 0 Å². The van der Waals surface area contributed by atoms with Crippen LogP contribution in [0.4, 0.5) is 0 Å². The minimum Gasteiger partial charge on any atom is -0.354 e. The Hall–Kier alpha value is -3.29. The zero-order valence-corrected chi connectivity index (χ0v) is 14.4. The topological polar surface area (TPSA) is 94.7 Å². The van der Waals surface area contributed by atoms with Crippen molar-refractivity contribution in [3.8, 4) is 5.82 Å². The summed E-state index contributed by atoms with van der Waals surface area (Å²) < 4.78 is 2.78. The maximum atomic E-state index is 12.5. The van der Waals surface area contributed by atoms with Crippen LogP contribution in [0.5, 0.6) is 0 Å². The van der Waals surface area contributed by atoms with Crippen molar-refractivity contribution in [3.63, 3.8) is 0 Å². The summed E-state index contributed by atoms with van der Waals surface area (Å²) in [6, 6.07) is 12.7. The second-order valence-electron chi connectivity index (χ2n) is 5.76. The van der Waals surface area contributed by atoms with Gasteiger partial charge in [-0.3, -0.25) is 9.59 Å². The number of carbonyl (C=O) groups excluding carboxylic acids is 1. The Bertz CT molecular complexity index is 905. The third-order valence-corrected chi connectivity index (χ3v) is 4.06. The Kier molecular flexibility index (Phi) is 5.52. The summed E-state index contributed by atoms with van der Waals surface area (Å²) in [7, 11) is 0. The largest absolute Gasteiger partial charge is 0.354 e. The zero-order valence-electron chi connectivity index (χ0n) is 14.4. The molecule has 8 heteroatoms. The predicted molar refractivity (Wildman–Crippen MR) is 95.9 cm³/mol. The van der Waals surface area contributed by atoms with Crippen LogP contribution in [-0.4, -0.2) is 37.0 Å². The van der Waals surface area contributed by atoms with Gasteiger partial charge in [-0.05, 0) is 18.1 Å². The highest BCUT2D eigenvalue weighted by molar-refractivity contribution is 5.83. The van der Waals surface area contributed by atoms with Crippen molar-refractivity contribution in [2.24, 2.45) is 0 Å². The number of amides is 1. The number of carbonyl (C=O) groups is 1. The van der Waals surface area contributed by atoms with Gasteiger partial charge in [0, 0.05) is 12.6 Å². The fraction of sp³-hybridized carbons (Fsp3) is 0.278. The molecule has 26 heavy (non-hydrogen) atoms. The van der Waals surface area contributed by atoms with E-state index in [2.05, 4.69) is 20.5 Å². The van der Waals surface area contributed by atoms with Gasteiger partial charge in [0.25, 0.3) is 5.56 Å². The monoisotopic (exact) mass is 352 g/mol. The highest BCUT2D eigenvalue weighted by Gasteiger charge is 2.17. The van der Waals surface area contributed by atoms with E-state index in [4.69, 9.17) is 0 Å². The highest BCUT2D eigenvalue weighted by atomic mass is 16.2. The van der Waals surface area contributed by atoms with Crippen molar-refractivity contribution in [3.05, 3.63) is 71.0 Å². The van der Waals surface area contributed by atoms with Crippen molar-refractivity contribution < 1.29 is 4.79 Å². The minimum absolute atomic E-state index is 0.0563. The molecule has 134 valence electrons. The molecule has 0 spiro atoms. The van der Waals surface area contributed by atoms with Crippen LogP contribution in [0.15, 0.2) is 59.9 Å². The zero-order chi connectivity index (χ0) is 18.4. The van der Waals surface area contributed by atoms with Crippen LogP contribution in [0, 0.1) is 0 Å².